The van der Waals surface area contributed by atoms with Gasteiger partial charge in [-0.15, -0.1) is 0 Å². The maximum Gasteiger partial charge on any atom is 0.257 e. The quantitative estimate of drug-likeness (QED) is 0.843. The van der Waals surface area contributed by atoms with E-state index in [2.05, 4.69) is 0 Å². The summed E-state index contributed by atoms with van der Waals surface area (Å²) in [7, 11) is 0. The first kappa shape index (κ1) is 14.8. The van der Waals surface area contributed by atoms with Gasteiger partial charge in [-0.25, -0.2) is 4.39 Å². The van der Waals surface area contributed by atoms with Crippen molar-refractivity contribution in [2.75, 3.05) is 19.8 Å². The van der Waals surface area contributed by atoms with Crippen LogP contribution >= 0.6 is 11.6 Å². The van der Waals surface area contributed by atoms with Crippen LogP contribution in [0.1, 0.15) is 29.6 Å². The minimum absolute atomic E-state index is 0.0456. The number of benzene rings is 1. The van der Waals surface area contributed by atoms with E-state index in [1.54, 1.807) is 4.90 Å². The van der Waals surface area contributed by atoms with E-state index in [1.165, 1.54) is 12.1 Å². The predicted molar refractivity (Wildman–Crippen MR) is 75.8 cm³/mol. The maximum absolute atomic E-state index is 14.0. The average Bonchev–Trinajstić information content (AvgIpc) is 3.01. The van der Waals surface area contributed by atoms with Crippen LogP contribution in [0, 0.1) is 5.82 Å². The molecular formula is C15H17ClFNO3. The fraction of sp³-hybridized carbons (Fsp3) is 0.533. The zero-order valence-corrected chi connectivity index (χ0v) is 12.3. The van der Waals surface area contributed by atoms with Gasteiger partial charge in [0.25, 0.3) is 5.91 Å². The molecule has 2 heterocycles. The lowest BCUT2D eigenvalue weighted by molar-refractivity contribution is -0.100. The van der Waals surface area contributed by atoms with Crippen molar-refractivity contribution < 1.29 is 18.7 Å². The van der Waals surface area contributed by atoms with Crippen LogP contribution in [0.15, 0.2) is 18.2 Å². The second-order valence-electron chi connectivity index (χ2n) is 5.30. The number of amides is 1. The van der Waals surface area contributed by atoms with E-state index < -0.39 is 12.1 Å². The summed E-state index contributed by atoms with van der Waals surface area (Å²) >= 11 is 5.73. The molecule has 2 fully saturated rings. The number of rotatable bonds is 2. The first-order valence-corrected chi connectivity index (χ1v) is 7.54. The van der Waals surface area contributed by atoms with E-state index in [0.29, 0.717) is 19.8 Å². The highest BCUT2D eigenvalue weighted by atomic mass is 35.5. The molecule has 1 aromatic rings. The summed E-state index contributed by atoms with van der Waals surface area (Å²) in [4.78, 5) is 14.3. The van der Waals surface area contributed by atoms with Gasteiger partial charge >= 0.3 is 0 Å². The van der Waals surface area contributed by atoms with Crippen molar-refractivity contribution in [2.45, 2.75) is 31.6 Å². The van der Waals surface area contributed by atoms with E-state index in [9.17, 15) is 9.18 Å². The molecule has 0 aliphatic carbocycles. The van der Waals surface area contributed by atoms with Crippen molar-refractivity contribution in [2.24, 2.45) is 0 Å². The van der Waals surface area contributed by atoms with Gasteiger partial charge < -0.3 is 14.4 Å². The summed E-state index contributed by atoms with van der Waals surface area (Å²) in [5, 5.41) is 0.279. The lowest BCUT2D eigenvalue weighted by atomic mass is 10.00. The fourth-order valence-corrected chi connectivity index (χ4v) is 3.07. The summed E-state index contributed by atoms with van der Waals surface area (Å²) in [5.41, 5.74) is 0.0456. The van der Waals surface area contributed by atoms with Crippen LogP contribution in [-0.4, -0.2) is 42.9 Å². The largest absolute Gasteiger partial charge is 0.348 e. The number of hydrogen-bond donors (Lipinski definition) is 0. The van der Waals surface area contributed by atoms with Crippen LogP contribution in [0.3, 0.4) is 0 Å². The van der Waals surface area contributed by atoms with E-state index in [-0.39, 0.29) is 22.5 Å². The van der Waals surface area contributed by atoms with Crippen molar-refractivity contribution in [3.8, 4) is 0 Å². The Morgan fingerprint density at radius 3 is 2.76 bits per heavy atom. The Labute approximate surface area is 127 Å². The molecule has 0 saturated carbocycles. The number of carbonyl (C=O) groups is 1. The fourth-order valence-electron chi connectivity index (χ4n) is 2.91. The van der Waals surface area contributed by atoms with Gasteiger partial charge in [-0.1, -0.05) is 11.6 Å². The molecule has 2 aliphatic rings. The summed E-state index contributed by atoms with van der Waals surface area (Å²) in [5.74, 6) is -0.918. The third kappa shape index (κ3) is 3.05. The Bertz CT molecular complexity index is 534. The van der Waals surface area contributed by atoms with Crippen LogP contribution < -0.4 is 0 Å². The van der Waals surface area contributed by atoms with Gasteiger partial charge in [0.15, 0.2) is 6.29 Å². The highest BCUT2D eigenvalue weighted by Gasteiger charge is 2.37. The third-order valence-corrected chi connectivity index (χ3v) is 4.17. The van der Waals surface area contributed by atoms with Gasteiger partial charge in [0, 0.05) is 11.6 Å². The number of likely N-dealkylation sites (tertiary alicyclic amines) is 1. The molecule has 21 heavy (non-hydrogen) atoms. The van der Waals surface area contributed by atoms with E-state index in [4.69, 9.17) is 21.1 Å². The van der Waals surface area contributed by atoms with Crippen molar-refractivity contribution in [1.82, 2.24) is 4.90 Å². The predicted octanol–water partition coefficient (Wildman–Crippen LogP) is 2.85. The molecule has 0 aromatic heterocycles. The molecule has 0 spiro atoms. The number of ether oxygens (including phenoxy) is 2. The molecular weight excluding hydrogens is 297 g/mol. The molecule has 2 aliphatic heterocycles. The Balaban J connectivity index is 1.83. The highest BCUT2D eigenvalue weighted by Crippen LogP contribution is 2.27. The minimum Gasteiger partial charge on any atom is -0.348 e. The Kier molecular flexibility index (Phi) is 4.42. The molecule has 4 nitrogen and oxygen atoms in total. The number of nitrogens with zero attached hydrogens (tertiary/aromatic N) is 1. The first-order valence-electron chi connectivity index (χ1n) is 7.16. The molecule has 1 aromatic carbocycles. The SMILES string of the molecule is O=C(c1ccc(Cl)cc1F)N1CCCC[C@@H]1C1OCCO1. The summed E-state index contributed by atoms with van der Waals surface area (Å²) in [6.07, 6.45) is 2.33. The maximum atomic E-state index is 14.0. The van der Waals surface area contributed by atoms with Crippen LogP contribution in [0.25, 0.3) is 0 Å². The summed E-state index contributed by atoms with van der Waals surface area (Å²) < 4.78 is 25.0. The number of hydrogen-bond acceptors (Lipinski definition) is 3. The number of carbonyl (C=O) groups excluding carboxylic acids is 1. The highest BCUT2D eigenvalue weighted by molar-refractivity contribution is 6.30. The second kappa shape index (κ2) is 6.30. The second-order valence-corrected chi connectivity index (χ2v) is 5.73. The first-order chi connectivity index (χ1) is 10.2. The van der Waals surface area contributed by atoms with Gasteiger partial charge in [0.2, 0.25) is 0 Å². The number of halogens is 2. The smallest absolute Gasteiger partial charge is 0.257 e. The zero-order valence-electron chi connectivity index (χ0n) is 11.6. The van der Waals surface area contributed by atoms with Gasteiger partial charge in [0.05, 0.1) is 24.8 Å². The van der Waals surface area contributed by atoms with Gasteiger partial charge in [-0.2, -0.15) is 0 Å². The standard InChI is InChI=1S/C15H17ClFNO3/c16-10-4-5-11(12(17)9-10)14(19)18-6-2-1-3-13(18)15-20-7-8-21-15/h4-5,9,13,15H,1-3,6-8H2/t13-/m1/s1. The molecule has 0 radical (unpaired) electrons. The molecule has 0 unspecified atom stereocenters. The zero-order chi connectivity index (χ0) is 14.8. The molecule has 1 amide bonds. The molecule has 6 heteroatoms. The van der Waals surface area contributed by atoms with Crippen molar-refractivity contribution >= 4 is 17.5 Å². The van der Waals surface area contributed by atoms with Crippen LogP contribution in [0.2, 0.25) is 5.02 Å². The molecule has 1 atom stereocenters. The molecule has 3 rings (SSSR count). The van der Waals surface area contributed by atoms with Crippen LogP contribution in [-0.2, 0) is 9.47 Å². The lowest BCUT2D eigenvalue weighted by Crippen LogP contribution is -2.50. The number of piperidine rings is 1. The van der Waals surface area contributed by atoms with Gasteiger partial charge in [-0.05, 0) is 37.5 Å². The van der Waals surface area contributed by atoms with Gasteiger partial charge in [0.1, 0.15) is 5.82 Å². The topological polar surface area (TPSA) is 38.8 Å². The van der Waals surface area contributed by atoms with Gasteiger partial charge in [-0.3, -0.25) is 4.79 Å². The van der Waals surface area contributed by atoms with E-state index >= 15 is 0 Å². The van der Waals surface area contributed by atoms with Crippen molar-refractivity contribution in [1.29, 1.82) is 0 Å². The summed E-state index contributed by atoms with van der Waals surface area (Å²) in [6, 6.07) is 3.97. The third-order valence-electron chi connectivity index (χ3n) is 3.93. The molecule has 114 valence electrons. The van der Waals surface area contributed by atoms with E-state index in [1.807, 2.05) is 0 Å². The summed E-state index contributed by atoms with van der Waals surface area (Å²) in [6.45, 7) is 1.67. The van der Waals surface area contributed by atoms with Crippen LogP contribution in [0.4, 0.5) is 4.39 Å². The van der Waals surface area contributed by atoms with Crippen molar-refractivity contribution in [3.05, 3.63) is 34.6 Å². The van der Waals surface area contributed by atoms with Crippen molar-refractivity contribution in [3.63, 3.8) is 0 Å². The Hall–Kier alpha value is -1.17. The average molecular weight is 314 g/mol. The van der Waals surface area contributed by atoms with E-state index in [0.717, 1.165) is 25.3 Å². The Morgan fingerprint density at radius 1 is 1.29 bits per heavy atom. The lowest BCUT2D eigenvalue weighted by Gasteiger charge is -2.38. The monoisotopic (exact) mass is 313 g/mol. The normalized spacial score (nSPS) is 23.5. The van der Waals surface area contributed by atoms with Crippen LogP contribution in [0.5, 0.6) is 0 Å². The Morgan fingerprint density at radius 2 is 2.05 bits per heavy atom. The molecule has 0 bridgehead atoms. The molecule has 0 N–H and O–H groups in total. The minimum atomic E-state index is -0.593. The molecule has 2 saturated heterocycles.